The summed E-state index contributed by atoms with van der Waals surface area (Å²) in [6.07, 6.45) is 3.44. The number of anilines is 1. The first-order valence-electron chi connectivity index (χ1n) is 14.0. The lowest BCUT2D eigenvalue weighted by molar-refractivity contribution is -0.132. The van der Waals surface area contributed by atoms with E-state index < -0.39 is 6.09 Å². The van der Waals surface area contributed by atoms with Gasteiger partial charge in [-0.05, 0) is 68.9 Å². The molecular weight excluding hydrogens is 492 g/mol. The fraction of sp³-hybridized carbons (Fsp3) is 0.484. The van der Waals surface area contributed by atoms with E-state index in [4.69, 9.17) is 15.2 Å². The Bertz CT molecular complexity index is 1250. The number of carbonyl (C=O) groups excluding carboxylic acids is 2. The molecule has 1 aromatic heterocycles. The number of amides is 2. The number of aryl methyl sites for hydroxylation is 2. The van der Waals surface area contributed by atoms with Crippen LogP contribution in [0.25, 0.3) is 10.9 Å². The Morgan fingerprint density at radius 1 is 1.15 bits per heavy atom. The van der Waals surface area contributed by atoms with Crippen LogP contribution in [0.2, 0.25) is 0 Å². The van der Waals surface area contributed by atoms with Gasteiger partial charge in [-0.25, -0.2) is 4.79 Å². The van der Waals surface area contributed by atoms with Crippen LogP contribution in [0.3, 0.4) is 0 Å². The fourth-order valence-electron chi connectivity index (χ4n) is 5.80. The summed E-state index contributed by atoms with van der Waals surface area (Å²) in [7, 11) is 1.74. The summed E-state index contributed by atoms with van der Waals surface area (Å²) in [5.74, 6) is 0.417. The number of nitrogens with zero attached hydrogens (tertiary/aromatic N) is 2. The average Bonchev–Trinajstić information content (AvgIpc) is 3.21. The maximum atomic E-state index is 13.3. The van der Waals surface area contributed by atoms with Crippen LogP contribution in [0.15, 0.2) is 48.5 Å². The van der Waals surface area contributed by atoms with Crippen LogP contribution in [0.4, 0.5) is 10.5 Å². The number of benzene rings is 2. The van der Waals surface area contributed by atoms with Crippen LogP contribution in [-0.2, 0) is 27.2 Å². The van der Waals surface area contributed by atoms with E-state index in [0.717, 1.165) is 51.1 Å². The molecule has 39 heavy (non-hydrogen) atoms. The highest BCUT2D eigenvalue weighted by atomic mass is 16.5. The topological polar surface area (TPSA) is 98.8 Å². The Kier molecular flexibility index (Phi) is 10.0. The molecule has 0 radical (unpaired) electrons. The number of ether oxygens (including phenoxy) is 2. The quantitative estimate of drug-likeness (QED) is 0.329. The van der Waals surface area contributed by atoms with E-state index in [-0.39, 0.29) is 11.9 Å². The Labute approximate surface area is 231 Å². The molecular formula is C31H42N4O4. The Morgan fingerprint density at radius 3 is 2.67 bits per heavy atom. The second kappa shape index (κ2) is 13.6. The molecule has 3 aromatic rings. The minimum absolute atomic E-state index is 0.118. The van der Waals surface area contributed by atoms with Crippen molar-refractivity contribution in [1.29, 1.82) is 0 Å². The summed E-state index contributed by atoms with van der Waals surface area (Å²) in [4.78, 5) is 26.9. The van der Waals surface area contributed by atoms with Crippen molar-refractivity contribution in [3.05, 3.63) is 65.4 Å². The number of fused-ring (bicyclic) bond motifs is 1. The van der Waals surface area contributed by atoms with Gasteiger partial charge in [0.15, 0.2) is 0 Å². The Balaban J connectivity index is 1.39. The van der Waals surface area contributed by atoms with E-state index in [1.54, 1.807) is 14.0 Å². The number of rotatable bonds is 11. The van der Waals surface area contributed by atoms with E-state index in [9.17, 15) is 9.59 Å². The van der Waals surface area contributed by atoms with Crippen molar-refractivity contribution in [2.24, 2.45) is 5.73 Å². The third-order valence-electron chi connectivity index (χ3n) is 7.58. The number of hydrogen-bond donors (Lipinski definition) is 2. The maximum Gasteiger partial charge on any atom is 0.411 e. The van der Waals surface area contributed by atoms with Crippen LogP contribution < -0.4 is 11.1 Å². The molecule has 0 bridgehead atoms. The summed E-state index contributed by atoms with van der Waals surface area (Å²) in [5, 5.41) is 3.98. The minimum atomic E-state index is -0.474. The van der Waals surface area contributed by atoms with Crippen molar-refractivity contribution in [2.45, 2.75) is 64.5 Å². The summed E-state index contributed by atoms with van der Waals surface area (Å²) < 4.78 is 12.7. The zero-order valence-corrected chi connectivity index (χ0v) is 23.4. The molecule has 1 aliphatic heterocycles. The van der Waals surface area contributed by atoms with Gasteiger partial charge in [-0.3, -0.25) is 10.1 Å². The zero-order chi connectivity index (χ0) is 27.8. The number of para-hydroxylation sites is 1. The summed E-state index contributed by atoms with van der Waals surface area (Å²) in [6, 6.07) is 15.8. The number of nitrogens with one attached hydrogen (secondary N) is 1. The summed E-state index contributed by atoms with van der Waals surface area (Å²) in [5.41, 5.74) is 12.1. The molecule has 2 amide bonds. The smallest absolute Gasteiger partial charge is 0.411 e. The molecule has 2 atom stereocenters. The average molecular weight is 535 g/mol. The summed E-state index contributed by atoms with van der Waals surface area (Å²) >= 11 is 0. The van der Waals surface area contributed by atoms with Crippen molar-refractivity contribution < 1.29 is 19.1 Å². The molecule has 1 aliphatic rings. The largest absolute Gasteiger partial charge is 0.450 e. The van der Waals surface area contributed by atoms with Crippen LogP contribution in [0.1, 0.15) is 55.3 Å². The molecule has 3 N–H and O–H groups in total. The SMILES string of the molecule is CCOC(=O)Nc1ccc(C[C@@H](N)CC(=O)N2CCCC(c3c(C)c4ccccc4n3CCCOC)C2)cc1. The van der Waals surface area contributed by atoms with Gasteiger partial charge in [0.25, 0.3) is 0 Å². The van der Waals surface area contributed by atoms with Gasteiger partial charge in [0.05, 0.1) is 6.61 Å². The van der Waals surface area contributed by atoms with Gasteiger partial charge in [-0.15, -0.1) is 0 Å². The van der Waals surface area contributed by atoms with Crippen LogP contribution in [-0.4, -0.2) is 60.9 Å². The molecule has 210 valence electrons. The highest BCUT2D eigenvalue weighted by Gasteiger charge is 2.29. The van der Waals surface area contributed by atoms with Gasteiger partial charge in [0.2, 0.25) is 5.91 Å². The lowest BCUT2D eigenvalue weighted by Crippen LogP contribution is -2.42. The zero-order valence-electron chi connectivity index (χ0n) is 23.4. The first-order chi connectivity index (χ1) is 18.9. The molecule has 0 saturated carbocycles. The van der Waals surface area contributed by atoms with E-state index in [1.165, 1.54) is 22.2 Å². The lowest BCUT2D eigenvalue weighted by Gasteiger charge is -2.34. The maximum absolute atomic E-state index is 13.3. The van der Waals surface area contributed by atoms with Gasteiger partial charge in [0.1, 0.15) is 0 Å². The first-order valence-corrected chi connectivity index (χ1v) is 14.0. The number of carbonyl (C=O) groups is 2. The second-order valence-electron chi connectivity index (χ2n) is 10.4. The fourth-order valence-corrected chi connectivity index (χ4v) is 5.80. The second-order valence-corrected chi connectivity index (χ2v) is 10.4. The van der Waals surface area contributed by atoms with Crippen molar-refractivity contribution in [2.75, 3.05) is 38.7 Å². The third-order valence-corrected chi connectivity index (χ3v) is 7.58. The van der Waals surface area contributed by atoms with Crippen LogP contribution in [0.5, 0.6) is 0 Å². The molecule has 1 fully saturated rings. The van der Waals surface area contributed by atoms with Gasteiger partial charge >= 0.3 is 6.09 Å². The van der Waals surface area contributed by atoms with E-state index in [0.29, 0.717) is 31.1 Å². The van der Waals surface area contributed by atoms with Gasteiger partial charge in [-0.2, -0.15) is 0 Å². The predicted octanol–water partition coefficient (Wildman–Crippen LogP) is 5.22. The van der Waals surface area contributed by atoms with Crippen molar-refractivity contribution >= 4 is 28.6 Å². The number of methoxy groups -OCH3 is 1. The number of aromatic nitrogens is 1. The van der Waals surface area contributed by atoms with Crippen molar-refractivity contribution in [3.63, 3.8) is 0 Å². The highest BCUT2D eigenvalue weighted by molar-refractivity contribution is 5.86. The monoisotopic (exact) mass is 534 g/mol. The molecule has 0 aliphatic carbocycles. The molecule has 1 saturated heterocycles. The first kappa shape index (κ1) is 28.6. The minimum Gasteiger partial charge on any atom is -0.450 e. The third kappa shape index (κ3) is 7.19. The standard InChI is InChI=1S/C31H42N4O4/c1-4-39-31(37)33-26-14-12-23(13-15-26)19-25(32)20-29(36)34-16-7-9-24(21-34)30-22(2)27-10-5-6-11-28(27)35(30)17-8-18-38-3/h5-6,10-15,24-25H,4,7-9,16-21,32H2,1-3H3,(H,33,37)/t24?,25-/m1/s1. The van der Waals surface area contributed by atoms with E-state index >= 15 is 0 Å². The van der Waals surface area contributed by atoms with Crippen molar-refractivity contribution in [3.8, 4) is 0 Å². The molecule has 8 heteroatoms. The Hall–Kier alpha value is -3.36. The Morgan fingerprint density at radius 2 is 1.92 bits per heavy atom. The molecule has 8 nitrogen and oxygen atoms in total. The van der Waals surface area contributed by atoms with Gasteiger partial charge in [-0.1, -0.05) is 30.3 Å². The number of likely N-dealkylation sites (tertiary alicyclic amines) is 1. The molecule has 0 spiro atoms. The molecule has 2 aromatic carbocycles. The van der Waals surface area contributed by atoms with Crippen molar-refractivity contribution in [1.82, 2.24) is 9.47 Å². The number of piperidine rings is 1. The van der Waals surface area contributed by atoms with E-state index in [1.807, 2.05) is 29.2 Å². The summed E-state index contributed by atoms with van der Waals surface area (Å²) in [6.45, 7) is 7.43. The normalized spacial score (nSPS) is 16.3. The highest BCUT2D eigenvalue weighted by Crippen LogP contribution is 2.36. The van der Waals surface area contributed by atoms with Gasteiger partial charge < -0.3 is 24.7 Å². The van der Waals surface area contributed by atoms with E-state index in [2.05, 4.69) is 41.1 Å². The van der Waals surface area contributed by atoms with Crippen LogP contribution >= 0.6 is 0 Å². The van der Waals surface area contributed by atoms with Crippen LogP contribution in [0, 0.1) is 6.92 Å². The number of hydrogen-bond acceptors (Lipinski definition) is 5. The lowest BCUT2D eigenvalue weighted by atomic mass is 9.91. The predicted molar refractivity (Wildman–Crippen MR) is 155 cm³/mol. The molecule has 1 unspecified atom stereocenters. The van der Waals surface area contributed by atoms with Gasteiger partial charge in [0, 0.05) is 74.0 Å². The molecule has 2 heterocycles. The molecule has 4 rings (SSSR count). The number of nitrogens with two attached hydrogens (primary N) is 1.